The number of ketones is 2. The maximum atomic E-state index is 13.0. The highest BCUT2D eigenvalue weighted by atomic mass is 16.1. The molecule has 1 N–H and O–H groups in total. The average Bonchev–Trinajstić information content (AvgIpc) is 3.08. The van der Waals surface area contributed by atoms with Crippen molar-refractivity contribution < 1.29 is 9.59 Å². The molecule has 0 amide bonds. The van der Waals surface area contributed by atoms with E-state index in [2.05, 4.69) is 12.2 Å². The van der Waals surface area contributed by atoms with Crippen molar-refractivity contribution in [1.29, 1.82) is 0 Å². The van der Waals surface area contributed by atoms with E-state index >= 15 is 0 Å². The maximum absolute atomic E-state index is 13.0. The van der Waals surface area contributed by atoms with Gasteiger partial charge in [0.2, 0.25) is 11.6 Å². The standard InChI is InChI=1S/C20H18N2O2/c1-2-3-12-22-16-11-7-5-9-14(16)20(24)18(22)17-19(23)13-8-4-6-10-15(13)21-17/h4-11,21H,2-3,12H2,1H3/b18-17+. The van der Waals surface area contributed by atoms with Crippen molar-refractivity contribution in [2.75, 3.05) is 16.8 Å². The second-order valence-electron chi connectivity index (χ2n) is 6.07. The van der Waals surface area contributed by atoms with Crippen LogP contribution in [0.4, 0.5) is 11.4 Å². The van der Waals surface area contributed by atoms with E-state index in [1.54, 1.807) is 6.07 Å². The van der Waals surface area contributed by atoms with E-state index < -0.39 is 0 Å². The zero-order chi connectivity index (χ0) is 16.7. The second-order valence-corrected chi connectivity index (χ2v) is 6.07. The Hall–Kier alpha value is -2.88. The number of para-hydroxylation sites is 2. The molecule has 2 aromatic rings. The lowest BCUT2D eigenvalue weighted by atomic mass is 10.1. The maximum Gasteiger partial charge on any atom is 0.213 e. The fourth-order valence-electron chi connectivity index (χ4n) is 3.35. The van der Waals surface area contributed by atoms with Crippen LogP contribution in [0.2, 0.25) is 0 Å². The molecular weight excluding hydrogens is 300 g/mol. The number of nitrogens with one attached hydrogen (secondary N) is 1. The fourth-order valence-corrected chi connectivity index (χ4v) is 3.35. The molecule has 0 bridgehead atoms. The van der Waals surface area contributed by atoms with Gasteiger partial charge in [-0.05, 0) is 30.7 Å². The third-order valence-electron chi connectivity index (χ3n) is 4.55. The Bertz CT molecular complexity index is 883. The van der Waals surface area contributed by atoms with Crippen LogP contribution < -0.4 is 10.2 Å². The number of nitrogens with zero attached hydrogens (tertiary/aromatic N) is 1. The number of allylic oxidation sites excluding steroid dienone is 2. The van der Waals surface area contributed by atoms with E-state index in [0.29, 0.717) is 22.5 Å². The van der Waals surface area contributed by atoms with Crippen molar-refractivity contribution in [3.05, 3.63) is 71.1 Å². The molecule has 0 saturated heterocycles. The van der Waals surface area contributed by atoms with Gasteiger partial charge in [-0.1, -0.05) is 37.6 Å². The largest absolute Gasteiger partial charge is 0.350 e. The molecule has 0 aromatic heterocycles. The topological polar surface area (TPSA) is 49.4 Å². The Morgan fingerprint density at radius 1 is 0.917 bits per heavy atom. The lowest BCUT2D eigenvalue weighted by Crippen LogP contribution is -2.26. The van der Waals surface area contributed by atoms with Gasteiger partial charge < -0.3 is 10.2 Å². The molecule has 4 heteroatoms. The van der Waals surface area contributed by atoms with Crippen LogP contribution in [0.1, 0.15) is 40.5 Å². The van der Waals surface area contributed by atoms with Gasteiger partial charge >= 0.3 is 0 Å². The summed E-state index contributed by atoms with van der Waals surface area (Å²) in [6.07, 6.45) is 1.98. The molecule has 2 aliphatic heterocycles. The Balaban J connectivity index is 1.85. The van der Waals surface area contributed by atoms with Crippen LogP contribution in [0.25, 0.3) is 0 Å². The summed E-state index contributed by atoms with van der Waals surface area (Å²) in [5, 5.41) is 3.17. The van der Waals surface area contributed by atoms with Gasteiger partial charge in [-0.15, -0.1) is 0 Å². The Kier molecular flexibility index (Phi) is 3.45. The van der Waals surface area contributed by atoms with E-state index in [4.69, 9.17) is 0 Å². The first-order valence-electron chi connectivity index (χ1n) is 8.28. The fraction of sp³-hybridized carbons (Fsp3) is 0.200. The Labute approximate surface area is 140 Å². The summed E-state index contributed by atoms with van der Waals surface area (Å²) in [7, 11) is 0. The molecule has 24 heavy (non-hydrogen) atoms. The van der Waals surface area contributed by atoms with Crippen molar-refractivity contribution in [2.45, 2.75) is 19.8 Å². The first-order valence-corrected chi connectivity index (χ1v) is 8.28. The number of anilines is 2. The predicted molar refractivity (Wildman–Crippen MR) is 94.4 cm³/mol. The van der Waals surface area contributed by atoms with Gasteiger partial charge in [0.1, 0.15) is 11.4 Å². The zero-order valence-corrected chi connectivity index (χ0v) is 13.5. The molecule has 0 spiro atoms. The number of carbonyl (C=O) groups excluding carboxylic acids is 2. The molecule has 4 nitrogen and oxygen atoms in total. The zero-order valence-electron chi connectivity index (χ0n) is 13.5. The number of fused-ring (bicyclic) bond motifs is 2. The normalized spacial score (nSPS) is 18.6. The minimum Gasteiger partial charge on any atom is -0.350 e. The Morgan fingerprint density at radius 2 is 1.62 bits per heavy atom. The van der Waals surface area contributed by atoms with Crippen LogP contribution >= 0.6 is 0 Å². The van der Waals surface area contributed by atoms with Crippen molar-refractivity contribution in [3.8, 4) is 0 Å². The number of Topliss-reactive ketones (excluding diaryl/α,β-unsaturated/α-hetero) is 2. The first kappa shape index (κ1) is 14.7. The van der Waals surface area contributed by atoms with Crippen LogP contribution in [-0.4, -0.2) is 18.1 Å². The Morgan fingerprint density at radius 3 is 2.38 bits per heavy atom. The number of hydrogen-bond donors (Lipinski definition) is 1. The lowest BCUT2D eigenvalue weighted by molar-refractivity contribution is 0.101. The quantitative estimate of drug-likeness (QED) is 0.869. The molecule has 0 aliphatic carbocycles. The van der Waals surface area contributed by atoms with Crippen LogP contribution in [0, 0.1) is 0 Å². The number of unbranched alkanes of at least 4 members (excludes halogenated alkanes) is 1. The highest BCUT2D eigenvalue weighted by molar-refractivity contribution is 6.27. The lowest BCUT2D eigenvalue weighted by Gasteiger charge is -2.21. The van der Waals surface area contributed by atoms with Crippen LogP contribution in [-0.2, 0) is 0 Å². The molecule has 0 radical (unpaired) electrons. The van der Waals surface area contributed by atoms with Crippen molar-refractivity contribution in [2.24, 2.45) is 0 Å². The SMILES string of the molecule is CCCCN1/C(=C2/Nc3ccccc3C2=O)C(=O)c2ccccc21. The van der Waals surface area contributed by atoms with Crippen LogP contribution in [0.5, 0.6) is 0 Å². The summed E-state index contributed by atoms with van der Waals surface area (Å²) in [5.74, 6) is -0.186. The number of carbonyl (C=O) groups is 2. The molecular formula is C20H18N2O2. The smallest absolute Gasteiger partial charge is 0.213 e. The molecule has 4 rings (SSSR count). The molecule has 2 aliphatic rings. The van der Waals surface area contributed by atoms with Crippen molar-refractivity contribution in [1.82, 2.24) is 0 Å². The minimum absolute atomic E-state index is 0.0784. The van der Waals surface area contributed by atoms with E-state index in [9.17, 15) is 9.59 Å². The van der Waals surface area contributed by atoms with E-state index in [1.807, 2.05) is 47.4 Å². The molecule has 0 unspecified atom stereocenters. The van der Waals surface area contributed by atoms with Gasteiger partial charge in [0, 0.05) is 23.4 Å². The van der Waals surface area contributed by atoms with E-state index in [-0.39, 0.29) is 11.6 Å². The van der Waals surface area contributed by atoms with Crippen LogP contribution in [0.15, 0.2) is 59.9 Å². The molecule has 0 atom stereocenters. The summed E-state index contributed by atoms with van der Waals surface area (Å²) in [6, 6.07) is 14.9. The highest BCUT2D eigenvalue weighted by Gasteiger charge is 2.38. The third kappa shape index (κ3) is 2.07. The molecule has 120 valence electrons. The molecule has 0 fully saturated rings. The summed E-state index contributed by atoms with van der Waals surface area (Å²) in [6.45, 7) is 2.84. The van der Waals surface area contributed by atoms with Gasteiger partial charge in [-0.25, -0.2) is 0 Å². The van der Waals surface area contributed by atoms with Gasteiger partial charge in [-0.2, -0.15) is 0 Å². The van der Waals surface area contributed by atoms with Gasteiger partial charge in [-0.3, -0.25) is 9.59 Å². The average molecular weight is 318 g/mol. The van der Waals surface area contributed by atoms with Crippen molar-refractivity contribution >= 4 is 22.9 Å². The van der Waals surface area contributed by atoms with E-state index in [0.717, 1.165) is 30.8 Å². The second kappa shape index (κ2) is 5.64. The summed E-state index contributed by atoms with van der Waals surface area (Å²) < 4.78 is 0. The molecule has 2 aromatic carbocycles. The number of hydrogen-bond acceptors (Lipinski definition) is 4. The summed E-state index contributed by atoms with van der Waals surface area (Å²) in [5.41, 5.74) is 3.83. The number of benzene rings is 2. The first-order chi connectivity index (χ1) is 11.7. The predicted octanol–water partition coefficient (Wildman–Crippen LogP) is 4.01. The van der Waals surface area contributed by atoms with Gasteiger partial charge in [0.05, 0.1) is 5.69 Å². The summed E-state index contributed by atoms with van der Waals surface area (Å²) in [4.78, 5) is 27.8. The van der Waals surface area contributed by atoms with Crippen molar-refractivity contribution in [3.63, 3.8) is 0 Å². The molecule has 2 heterocycles. The monoisotopic (exact) mass is 318 g/mol. The third-order valence-corrected chi connectivity index (χ3v) is 4.55. The number of rotatable bonds is 3. The van der Waals surface area contributed by atoms with E-state index in [1.165, 1.54) is 0 Å². The van der Waals surface area contributed by atoms with Gasteiger partial charge in [0.15, 0.2) is 0 Å². The van der Waals surface area contributed by atoms with Crippen LogP contribution in [0.3, 0.4) is 0 Å². The highest BCUT2D eigenvalue weighted by Crippen LogP contribution is 2.39. The van der Waals surface area contributed by atoms with Gasteiger partial charge in [0.25, 0.3) is 0 Å². The minimum atomic E-state index is -0.108. The summed E-state index contributed by atoms with van der Waals surface area (Å²) >= 11 is 0. The molecule has 0 saturated carbocycles.